The maximum atomic E-state index is 12.6. The highest BCUT2D eigenvalue weighted by atomic mass is 127. The fourth-order valence-electron chi connectivity index (χ4n) is 1.46. The van der Waals surface area contributed by atoms with Gasteiger partial charge in [0.25, 0.3) is 0 Å². The highest BCUT2D eigenvalue weighted by Crippen LogP contribution is 2.33. The van der Waals surface area contributed by atoms with Crippen LogP contribution in [0.1, 0.15) is 31.7 Å². The molecule has 0 N–H and O–H groups in total. The van der Waals surface area contributed by atoms with Crippen LogP contribution in [0.15, 0.2) is 30.4 Å². The van der Waals surface area contributed by atoms with Gasteiger partial charge in [0.1, 0.15) is 5.75 Å². The summed E-state index contributed by atoms with van der Waals surface area (Å²) in [5.41, 5.74) is -0.672. The Kier molecular flexibility index (Phi) is 10.6. The minimum atomic E-state index is -4.33. The number of rotatable bonds is 6. The Morgan fingerprint density at radius 3 is 2.45 bits per heavy atom. The van der Waals surface area contributed by atoms with E-state index in [4.69, 9.17) is 14.3 Å². The Bertz CT molecular complexity index is 507. The lowest BCUT2D eigenvalue weighted by Crippen LogP contribution is -2.06. The number of halogens is 4. The molecule has 22 heavy (non-hydrogen) atoms. The fourth-order valence-corrected chi connectivity index (χ4v) is 1.95. The molecule has 0 aliphatic heterocycles. The second-order valence-electron chi connectivity index (χ2n) is 4.10. The molecule has 0 amide bonds. The Morgan fingerprint density at radius 2 is 1.91 bits per heavy atom. The number of benzene rings is 1. The van der Waals surface area contributed by atoms with Crippen LogP contribution in [0.4, 0.5) is 13.2 Å². The van der Waals surface area contributed by atoms with Gasteiger partial charge < -0.3 is 4.74 Å². The van der Waals surface area contributed by atoms with Gasteiger partial charge in [0.15, 0.2) is 0 Å². The highest BCUT2D eigenvalue weighted by Gasteiger charge is 2.31. The molecule has 0 fully saturated rings. The second-order valence-corrected chi connectivity index (χ2v) is 5.26. The smallest absolute Gasteiger partial charge is 0.416 e. The summed E-state index contributed by atoms with van der Waals surface area (Å²) in [6, 6.07) is 3.55. The third-order valence-electron chi connectivity index (χ3n) is 2.43. The van der Waals surface area contributed by atoms with Gasteiger partial charge in [0.05, 0.1) is 15.7 Å². The van der Waals surface area contributed by atoms with Crippen molar-refractivity contribution in [3.63, 3.8) is 0 Å². The Labute approximate surface area is 140 Å². The molecule has 1 aromatic rings. The normalized spacial score (nSPS) is 10.8. The molecule has 0 saturated carbocycles. The van der Waals surface area contributed by atoms with E-state index < -0.39 is 11.7 Å². The van der Waals surface area contributed by atoms with Crippen LogP contribution < -0.4 is 4.74 Å². The van der Waals surface area contributed by atoms with E-state index in [1.54, 1.807) is 0 Å². The van der Waals surface area contributed by atoms with Crippen molar-refractivity contribution in [3.05, 3.63) is 39.5 Å². The third-order valence-corrected chi connectivity index (χ3v) is 3.32. The molecule has 0 heterocycles. The summed E-state index contributed by atoms with van der Waals surface area (Å²) in [6.07, 6.45) is 2.71. The van der Waals surface area contributed by atoms with E-state index in [-0.39, 0.29) is 6.15 Å². The van der Waals surface area contributed by atoms with Gasteiger partial charge in [-0.2, -0.15) is 22.8 Å². The van der Waals surface area contributed by atoms with E-state index in [9.17, 15) is 13.2 Å². The zero-order valence-electron chi connectivity index (χ0n) is 12.0. The standard InChI is InChI=1S/C14H16F3IO.CO2/c1-2-3-4-5-6-9-19-13-10-11(14(15,16)17)7-8-12(13)18;2-1-3/h3-4,7-8,10H,2,5-6,9H2,1H3;/b4-3+;. The summed E-state index contributed by atoms with van der Waals surface area (Å²) in [4.78, 5) is 16.2. The Balaban J connectivity index is 0.00000135. The molecule has 0 unspecified atom stereocenters. The summed E-state index contributed by atoms with van der Waals surface area (Å²) in [6.45, 7) is 2.48. The van der Waals surface area contributed by atoms with Gasteiger partial charge in [-0.15, -0.1) is 0 Å². The first-order chi connectivity index (χ1) is 10.4. The van der Waals surface area contributed by atoms with Crippen LogP contribution >= 0.6 is 22.6 Å². The largest absolute Gasteiger partial charge is 0.492 e. The van der Waals surface area contributed by atoms with Crippen LogP contribution in [0.3, 0.4) is 0 Å². The lowest BCUT2D eigenvalue weighted by molar-refractivity contribution is -0.191. The van der Waals surface area contributed by atoms with E-state index in [0.717, 1.165) is 31.4 Å². The number of alkyl halides is 3. The first-order valence-electron chi connectivity index (χ1n) is 6.50. The third kappa shape index (κ3) is 8.84. The molecular weight excluding hydrogens is 412 g/mol. The zero-order chi connectivity index (χ0) is 17.0. The van der Waals surface area contributed by atoms with Crippen LogP contribution in [0.5, 0.6) is 5.75 Å². The molecule has 0 bridgehead atoms. The molecule has 122 valence electrons. The van der Waals surface area contributed by atoms with Crippen molar-refractivity contribution in [2.24, 2.45) is 0 Å². The van der Waals surface area contributed by atoms with Gasteiger partial charge >= 0.3 is 12.3 Å². The van der Waals surface area contributed by atoms with Crippen LogP contribution in [0.2, 0.25) is 0 Å². The highest BCUT2D eigenvalue weighted by molar-refractivity contribution is 14.1. The Morgan fingerprint density at radius 1 is 1.27 bits per heavy atom. The van der Waals surface area contributed by atoms with Gasteiger partial charge in [-0.1, -0.05) is 19.1 Å². The number of hydrogen-bond acceptors (Lipinski definition) is 3. The summed E-state index contributed by atoms with van der Waals surface area (Å²) >= 11 is 1.97. The molecule has 0 aromatic heterocycles. The van der Waals surface area contributed by atoms with Gasteiger partial charge in [0, 0.05) is 0 Å². The molecule has 0 saturated heterocycles. The molecule has 0 atom stereocenters. The van der Waals surface area contributed by atoms with Gasteiger partial charge in [-0.05, 0) is 60.1 Å². The minimum absolute atomic E-state index is 0.250. The lowest BCUT2D eigenvalue weighted by atomic mass is 10.2. The monoisotopic (exact) mass is 428 g/mol. The fraction of sp³-hybridized carbons (Fsp3) is 0.400. The number of allylic oxidation sites excluding steroid dienone is 2. The van der Waals surface area contributed by atoms with E-state index >= 15 is 0 Å². The molecular formula is C15H16F3IO3. The van der Waals surface area contributed by atoms with E-state index in [0.29, 0.717) is 15.9 Å². The minimum Gasteiger partial charge on any atom is -0.492 e. The quantitative estimate of drug-likeness (QED) is 0.370. The number of carbonyl (C=O) groups excluding carboxylic acids is 2. The van der Waals surface area contributed by atoms with Crippen molar-refractivity contribution in [2.45, 2.75) is 32.4 Å². The topological polar surface area (TPSA) is 43.4 Å². The molecule has 1 aromatic carbocycles. The van der Waals surface area contributed by atoms with Crippen LogP contribution in [0, 0.1) is 3.57 Å². The second kappa shape index (κ2) is 11.3. The first-order valence-corrected chi connectivity index (χ1v) is 7.58. The summed E-state index contributed by atoms with van der Waals surface area (Å²) < 4.78 is 43.8. The predicted octanol–water partition coefficient (Wildman–Crippen LogP) is 4.85. The summed E-state index contributed by atoms with van der Waals surface area (Å²) in [5.74, 6) is 0.301. The molecule has 1 rings (SSSR count). The molecule has 3 nitrogen and oxygen atoms in total. The summed E-state index contributed by atoms with van der Waals surface area (Å²) in [7, 11) is 0. The number of unbranched alkanes of at least 4 members (excludes halogenated alkanes) is 1. The summed E-state index contributed by atoms with van der Waals surface area (Å²) in [5, 5.41) is 0. The lowest BCUT2D eigenvalue weighted by Gasteiger charge is -2.11. The molecule has 0 aliphatic rings. The number of hydrogen-bond donors (Lipinski definition) is 0. The van der Waals surface area contributed by atoms with E-state index in [2.05, 4.69) is 19.1 Å². The van der Waals surface area contributed by atoms with Crippen molar-refractivity contribution in [3.8, 4) is 5.75 Å². The van der Waals surface area contributed by atoms with E-state index in [1.807, 2.05) is 22.6 Å². The first kappa shape index (κ1) is 20.7. The molecule has 0 spiro atoms. The average molecular weight is 428 g/mol. The molecule has 0 aliphatic carbocycles. The van der Waals surface area contributed by atoms with Gasteiger partial charge in [-0.25, -0.2) is 0 Å². The SMILES string of the molecule is CC/C=C/CCCOc1cc(C(F)(F)F)ccc1I.O=C=O. The van der Waals surface area contributed by atoms with Crippen molar-refractivity contribution in [2.75, 3.05) is 6.61 Å². The van der Waals surface area contributed by atoms with Crippen molar-refractivity contribution >= 4 is 28.7 Å². The molecule has 0 radical (unpaired) electrons. The maximum Gasteiger partial charge on any atom is 0.416 e. The Hall–Kier alpha value is -1.34. The van der Waals surface area contributed by atoms with Gasteiger partial charge in [0.2, 0.25) is 0 Å². The van der Waals surface area contributed by atoms with Crippen molar-refractivity contribution < 1.29 is 27.5 Å². The van der Waals surface area contributed by atoms with Crippen LogP contribution in [0.25, 0.3) is 0 Å². The maximum absolute atomic E-state index is 12.6. The van der Waals surface area contributed by atoms with Crippen LogP contribution in [-0.4, -0.2) is 12.8 Å². The van der Waals surface area contributed by atoms with Crippen LogP contribution in [-0.2, 0) is 15.8 Å². The number of ether oxygens (including phenoxy) is 1. The van der Waals surface area contributed by atoms with Gasteiger partial charge in [-0.3, -0.25) is 0 Å². The average Bonchev–Trinajstić information content (AvgIpc) is 2.44. The van der Waals surface area contributed by atoms with Crippen molar-refractivity contribution in [1.82, 2.24) is 0 Å². The zero-order valence-corrected chi connectivity index (χ0v) is 14.1. The van der Waals surface area contributed by atoms with E-state index in [1.165, 1.54) is 6.07 Å². The predicted molar refractivity (Wildman–Crippen MR) is 83.3 cm³/mol. The van der Waals surface area contributed by atoms with Crippen molar-refractivity contribution in [1.29, 1.82) is 0 Å². The molecule has 7 heteroatoms.